The van der Waals surface area contributed by atoms with Crippen LogP contribution in [-0.2, 0) is 14.8 Å². The number of sulfonamides is 1. The molecule has 0 atom stereocenters. The molecule has 0 saturated heterocycles. The smallest absolute Gasteiger partial charge is 0.337 e. The van der Waals surface area contributed by atoms with E-state index in [2.05, 4.69) is 9.46 Å². The number of anilines is 1. The van der Waals surface area contributed by atoms with E-state index in [9.17, 15) is 13.2 Å². The standard InChI is InChI=1S/C15H15NO5S/c1-20-13-7-5-12(6-8-13)16-22(18,19)14-9-3-11(4-10-14)15(17)21-2/h3-10,16H,1-2H3. The van der Waals surface area contributed by atoms with Gasteiger partial charge in [0.05, 0.1) is 24.7 Å². The Bertz CT molecular complexity index is 752. The van der Waals surface area contributed by atoms with E-state index < -0.39 is 16.0 Å². The Hall–Kier alpha value is -2.54. The Morgan fingerprint density at radius 3 is 2.05 bits per heavy atom. The second kappa shape index (κ2) is 6.48. The minimum Gasteiger partial charge on any atom is -0.497 e. The molecule has 22 heavy (non-hydrogen) atoms. The topological polar surface area (TPSA) is 81.7 Å². The number of carbonyl (C=O) groups excluding carboxylic acids is 1. The summed E-state index contributed by atoms with van der Waals surface area (Å²) in [7, 11) is -0.933. The zero-order chi connectivity index (χ0) is 16.2. The molecule has 0 saturated carbocycles. The van der Waals surface area contributed by atoms with Crippen molar-refractivity contribution in [1.29, 1.82) is 0 Å². The summed E-state index contributed by atoms with van der Waals surface area (Å²) in [6.45, 7) is 0. The van der Waals surface area contributed by atoms with Crippen LogP contribution in [0.4, 0.5) is 5.69 Å². The molecule has 116 valence electrons. The van der Waals surface area contributed by atoms with Crippen molar-refractivity contribution in [2.75, 3.05) is 18.9 Å². The third-order valence-corrected chi connectivity index (χ3v) is 4.33. The molecule has 2 rings (SSSR count). The van der Waals surface area contributed by atoms with Crippen molar-refractivity contribution >= 4 is 21.7 Å². The number of rotatable bonds is 5. The second-order valence-corrected chi connectivity index (χ2v) is 6.03. The molecule has 0 amide bonds. The summed E-state index contributed by atoms with van der Waals surface area (Å²) in [5.41, 5.74) is 0.698. The summed E-state index contributed by atoms with van der Waals surface area (Å²) < 4.78 is 36.5. The van der Waals surface area contributed by atoms with Gasteiger partial charge in [0.25, 0.3) is 10.0 Å². The summed E-state index contributed by atoms with van der Waals surface area (Å²) in [4.78, 5) is 11.4. The summed E-state index contributed by atoms with van der Waals surface area (Å²) in [5.74, 6) is 0.109. The number of ether oxygens (including phenoxy) is 2. The fourth-order valence-electron chi connectivity index (χ4n) is 1.76. The molecule has 0 bridgehead atoms. The van der Waals surface area contributed by atoms with Crippen LogP contribution in [0, 0.1) is 0 Å². The van der Waals surface area contributed by atoms with E-state index >= 15 is 0 Å². The van der Waals surface area contributed by atoms with Crippen LogP contribution in [0.25, 0.3) is 0 Å². The van der Waals surface area contributed by atoms with Gasteiger partial charge in [-0.25, -0.2) is 13.2 Å². The van der Waals surface area contributed by atoms with Crippen molar-refractivity contribution in [2.24, 2.45) is 0 Å². The highest BCUT2D eigenvalue weighted by atomic mass is 32.2. The van der Waals surface area contributed by atoms with Gasteiger partial charge in [-0.2, -0.15) is 0 Å². The van der Waals surface area contributed by atoms with E-state index in [-0.39, 0.29) is 10.5 Å². The molecule has 0 heterocycles. The van der Waals surface area contributed by atoms with Crippen LogP contribution in [-0.4, -0.2) is 28.6 Å². The molecule has 0 spiro atoms. The Balaban J connectivity index is 2.20. The van der Waals surface area contributed by atoms with E-state index in [1.165, 1.54) is 38.5 Å². The van der Waals surface area contributed by atoms with E-state index in [4.69, 9.17) is 4.74 Å². The van der Waals surface area contributed by atoms with Gasteiger partial charge in [-0.1, -0.05) is 0 Å². The van der Waals surface area contributed by atoms with Gasteiger partial charge < -0.3 is 9.47 Å². The molecule has 0 aliphatic heterocycles. The molecule has 6 nitrogen and oxygen atoms in total. The first-order valence-electron chi connectivity index (χ1n) is 6.31. The zero-order valence-corrected chi connectivity index (χ0v) is 12.9. The lowest BCUT2D eigenvalue weighted by atomic mass is 10.2. The minimum absolute atomic E-state index is 0.0518. The Labute approximate surface area is 128 Å². The molecular formula is C15H15NO5S. The fourth-order valence-corrected chi connectivity index (χ4v) is 2.82. The summed E-state index contributed by atoms with van der Waals surface area (Å²) >= 11 is 0. The van der Waals surface area contributed by atoms with Gasteiger partial charge in [0.15, 0.2) is 0 Å². The third-order valence-electron chi connectivity index (χ3n) is 2.93. The van der Waals surface area contributed by atoms with Crippen molar-refractivity contribution < 1.29 is 22.7 Å². The van der Waals surface area contributed by atoms with Gasteiger partial charge in [-0.15, -0.1) is 0 Å². The average molecular weight is 321 g/mol. The lowest BCUT2D eigenvalue weighted by Gasteiger charge is -2.09. The predicted octanol–water partition coefficient (Wildman–Crippen LogP) is 2.28. The second-order valence-electron chi connectivity index (χ2n) is 4.35. The van der Waals surface area contributed by atoms with Crippen LogP contribution in [0.3, 0.4) is 0 Å². The van der Waals surface area contributed by atoms with Crippen LogP contribution in [0.15, 0.2) is 53.4 Å². The van der Waals surface area contributed by atoms with Crippen LogP contribution >= 0.6 is 0 Å². The fraction of sp³-hybridized carbons (Fsp3) is 0.133. The largest absolute Gasteiger partial charge is 0.497 e. The van der Waals surface area contributed by atoms with Gasteiger partial charge >= 0.3 is 5.97 Å². The Kier molecular flexibility index (Phi) is 4.67. The predicted molar refractivity (Wildman–Crippen MR) is 81.6 cm³/mol. The van der Waals surface area contributed by atoms with Gasteiger partial charge in [0.2, 0.25) is 0 Å². The third kappa shape index (κ3) is 3.56. The quantitative estimate of drug-likeness (QED) is 0.854. The van der Waals surface area contributed by atoms with Crippen LogP contribution in [0.1, 0.15) is 10.4 Å². The van der Waals surface area contributed by atoms with Crippen LogP contribution in [0.5, 0.6) is 5.75 Å². The number of esters is 1. The maximum atomic E-state index is 12.2. The highest BCUT2D eigenvalue weighted by Gasteiger charge is 2.15. The van der Waals surface area contributed by atoms with Gasteiger partial charge in [0, 0.05) is 5.69 Å². The van der Waals surface area contributed by atoms with Crippen molar-refractivity contribution in [3.63, 3.8) is 0 Å². The molecule has 1 N–H and O–H groups in total. The average Bonchev–Trinajstić information content (AvgIpc) is 2.54. The molecule has 2 aromatic rings. The number of hydrogen-bond acceptors (Lipinski definition) is 5. The summed E-state index contributed by atoms with van der Waals surface area (Å²) in [6.07, 6.45) is 0. The molecule has 2 aromatic carbocycles. The molecule has 0 fully saturated rings. The summed E-state index contributed by atoms with van der Waals surface area (Å²) in [6, 6.07) is 12.0. The van der Waals surface area contributed by atoms with Crippen molar-refractivity contribution in [3.05, 3.63) is 54.1 Å². The van der Waals surface area contributed by atoms with Crippen molar-refractivity contribution in [3.8, 4) is 5.75 Å². The first-order valence-corrected chi connectivity index (χ1v) is 7.80. The number of nitrogens with one attached hydrogen (secondary N) is 1. The molecule has 0 unspecified atom stereocenters. The van der Waals surface area contributed by atoms with E-state index in [0.717, 1.165) is 0 Å². The number of carbonyl (C=O) groups is 1. The highest BCUT2D eigenvalue weighted by molar-refractivity contribution is 7.92. The van der Waals surface area contributed by atoms with Gasteiger partial charge in [-0.3, -0.25) is 4.72 Å². The minimum atomic E-state index is -3.73. The Morgan fingerprint density at radius 1 is 0.955 bits per heavy atom. The van der Waals surface area contributed by atoms with Crippen LogP contribution < -0.4 is 9.46 Å². The Morgan fingerprint density at radius 2 is 1.55 bits per heavy atom. The van der Waals surface area contributed by atoms with Crippen LogP contribution in [0.2, 0.25) is 0 Å². The lowest BCUT2D eigenvalue weighted by molar-refractivity contribution is 0.0600. The SMILES string of the molecule is COC(=O)c1ccc(S(=O)(=O)Nc2ccc(OC)cc2)cc1. The number of hydrogen-bond donors (Lipinski definition) is 1. The highest BCUT2D eigenvalue weighted by Crippen LogP contribution is 2.19. The molecule has 0 aliphatic carbocycles. The van der Waals surface area contributed by atoms with E-state index in [1.54, 1.807) is 24.3 Å². The zero-order valence-electron chi connectivity index (χ0n) is 12.1. The van der Waals surface area contributed by atoms with E-state index in [1.807, 2.05) is 0 Å². The first kappa shape index (κ1) is 15.8. The van der Waals surface area contributed by atoms with Crippen molar-refractivity contribution in [2.45, 2.75) is 4.90 Å². The molecular weight excluding hydrogens is 306 g/mol. The van der Waals surface area contributed by atoms with Crippen molar-refractivity contribution in [1.82, 2.24) is 0 Å². The number of methoxy groups -OCH3 is 2. The normalized spacial score (nSPS) is 10.8. The molecule has 0 radical (unpaired) electrons. The first-order chi connectivity index (χ1) is 10.5. The number of benzene rings is 2. The molecule has 0 aliphatic rings. The molecule has 0 aromatic heterocycles. The van der Waals surface area contributed by atoms with Gasteiger partial charge in [-0.05, 0) is 48.5 Å². The molecule has 7 heteroatoms. The lowest BCUT2D eigenvalue weighted by Crippen LogP contribution is -2.13. The maximum Gasteiger partial charge on any atom is 0.337 e. The van der Waals surface area contributed by atoms with E-state index in [0.29, 0.717) is 11.4 Å². The van der Waals surface area contributed by atoms with Gasteiger partial charge in [0.1, 0.15) is 5.75 Å². The summed E-state index contributed by atoms with van der Waals surface area (Å²) in [5, 5.41) is 0. The monoisotopic (exact) mass is 321 g/mol. The maximum absolute atomic E-state index is 12.2.